The van der Waals surface area contributed by atoms with E-state index < -0.39 is 8.32 Å². The standard InChI is InChI=1S/C18H31BrOSi/c1-12(2)21(13(3)4,14(5)6)20-11-17-9-15(7)16(8)10-18(17)19/h9-10,12-14H,11H2,1-8H3. The van der Waals surface area contributed by atoms with Gasteiger partial charge in [-0.25, -0.2) is 0 Å². The fourth-order valence-corrected chi connectivity index (χ4v) is 9.63. The number of aryl methyl sites for hydroxylation is 2. The Hall–Kier alpha value is -0.123. The lowest BCUT2D eigenvalue weighted by molar-refractivity contribution is 0.265. The first-order valence-corrected chi connectivity index (χ1v) is 11.0. The second-order valence-corrected chi connectivity index (χ2v) is 13.4. The molecule has 0 fully saturated rings. The lowest BCUT2D eigenvalue weighted by atomic mass is 10.1. The molecule has 0 aliphatic carbocycles. The molecule has 0 bridgehead atoms. The van der Waals surface area contributed by atoms with Crippen molar-refractivity contribution < 1.29 is 4.43 Å². The molecule has 0 aromatic heterocycles. The Labute approximate surface area is 140 Å². The molecule has 0 saturated heterocycles. The second-order valence-electron chi connectivity index (χ2n) is 7.13. The van der Waals surface area contributed by atoms with Gasteiger partial charge < -0.3 is 4.43 Å². The van der Waals surface area contributed by atoms with Gasteiger partial charge in [0.1, 0.15) is 0 Å². The molecule has 0 unspecified atom stereocenters. The molecule has 120 valence electrons. The summed E-state index contributed by atoms with van der Waals surface area (Å²) in [5.74, 6) is 0. The molecule has 1 aromatic rings. The van der Waals surface area contributed by atoms with Crippen molar-refractivity contribution in [2.24, 2.45) is 0 Å². The van der Waals surface area contributed by atoms with E-state index in [1.807, 2.05) is 0 Å². The van der Waals surface area contributed by atoms with Crippen molar-refractivity contribution in [3.8, 4) is 0 Å². The van der Waals surface area contributed by atoms with Gasteiger partial charge in [-0.15, -0.1) is 0 Å². The maximum Gasteiger partial charge on any atom is 0.200 e. The van der Waals surface area contributed by atoms with Crippen LogP contribution < -0.4 is 0 Å². The van der Waals surface area contributed by atoms with Crippen LogP contribution in [0.5, 0.6) is 0 Å². The predicted octanol–water partition coefficient (Wildman–Crippen LogP) is 6.76. The Morgan fingerprint density at radius 2 is 1.33 bits per heavy atom. The smallest absolute Gasteiger partial charge is 0.200 e. The molecule has 0 heterocycles. The molecule has 0 saturated carbocycles. The highest BCUT2D eigenvalue weighted by Crippen LogP contribution is 2.43. The highest BCUT2D eigenvalue weighted by atomic mass is 79.9. The van der Waals surface area contributed by atoms with Crippen LogP contribution in [0.2, 0.25) is 16.6 Å². The Morgan fingerprint density at radius 1 is 0.905 bits per heavy atom. The molecule has 1 aromatic carbocycles. The minimum Gasteiger partial charge on any atom is -0.412 e. The predicted molar refractivity (Wildman–Crippen MR) is 99.5 cm³/mol. The average Bonchev–Trinajstić information content (AvgIpc) is 2.34. The van der Waals surface area contributed by atoms with Crippen LogP contribution >= 0.6 is 15.9 Å². The van der Waals surface area contributed by atoms with E-state index in [1.165, 1.54) is 21.2 Å². The van der Waals surface area contributed by atoms with Gasteiger partial charge in [-0.1, -0.05) is 63.5 Å². The summed E-state index contributed by atoms with van der Waals surface area (Å²) < 4.78 is 7.86. The highest BCUT2D eigenvalue weighted by molar-refractivity contribution is 9.10. The van der Waals surface area contributed by atoms with Crippen molar-refractivity contribution in [2.45, 2.75) is 78.6 Å². The molecule has 0 N–H and O–H groups in total. The van der Waals surface area contributed by atoms with E-state index in [2.05, 4.69) is 83.5 Å². The van der Waals surface area contributed by atoms with Gasteiger partial charge in [0, 0.05) is 4.47 Å². The SMILES string of the molecule is Cc1cc(Br)c(CO[Si](C(C)C)(C(C)C)C(C)C)cc1C. The zero-order valence-corrected chi connectivity index (χ0v) is 17.5. The molecule has 0 spiro atoms. The van der Waals surface area contributed by atoms with Gasteiger partial charge in [-0.3, -0.25) is 0 Å². The molecule has 0 amide bonds. The van der Waals surface area contributed by atoms with Gasteiger partial charge in [0.25, 0.3) is 0 Å². The summed E-state index contributed by atoms with van der Waals surface area (Å²) in [7, 11) is -1.79. The van der Waals surface area contributed by atoms with Gasteiger partial charge in [0.2, 0.25) is 8.32 Å². The van der Waals surface area contributed by atoms with Crippen LogP contribution in [0.4, 0.5) is 0 Å². The van der Waals surface area contributed by atoms with Crippen molar-refractivity contribution in [2.75, 3.05) is 0 Å². The van der Waals surface area contributed by atoms with Crippen LogP contribution in [0.25, 0.3) is 0 Å². The second kappa shape index (κ2) is 7.43. The van der Waals surface area contributed by atoms with E-state index >= 15 is 0 Å². The zero-order chi connectivity index (χ0) is 16.4. The molecule has 0 aliphatic rings. The lowest BCUT2D eigenvalue weighted by Gasteiger charge is -2.42. The van der Waals surface area contributed by atoms with Crippen molar-refractivity contribution in [1.29, 1.82) is 0 Å². The summed E-state index contributed by atoms with van der Waals surface area (Å²) in [5.41, 5.74) is 5.82. The van der Waals surface area contributed by atoms with Gasteiger partial charge in [-0.05, 0) is 53.2 Å². The maximum atomic E-state index is 6.68. The third-order valence-electron chi connectivity index (χ3n) is 4.85. The third kappa shape index (κ3) is 3.99. The maximum absolute atomic E-state index is 6.68. The summed E-state index contributed by atoms with van der Waals surface area (Å²) >= 11 is 3.70. The summed E-state index contributed by atoms with van der Waals surface area (Å²) in [4.78, 5) is 0. The van der Waals surface area contributed by atoms with Crippen LogP contribution in [0.15, 0.2) is 16.6 Å². The van der Waals surface area contributed by atoms with Crippen LogP contribution in [-0.2, 0) is 11.0 Å². The first-order valence-electron chi connectivity index (χ1n) is 8.02. The fourth-order valence-electron chi connectivity index (χ4n) is 3.65. The van der Waals surface area contributed by atoms with Crippen LogP contribution in [0, 0.1) is 13.8 Å². The highest BCUT2D eigenvalue weighted by Gasteiger charge is 2.45. The molecule has 0 radical (unpaired) electrons. The Morgan fingerprint density at radius 3 is 1.76 bits per heavy atom. The normalized spacial score (nSPS) is 12.8. The Kier molecular flexibility index (Phi) is 6.70. The molecule has 1 rings (SSSR count). The molecular weight excluding hydrogens is 340 g/mol. The fraction of sp³-hybridized carbons (Fsp3) is 0.667. The van der Waals surface area contributed by atoms with Crippen molar-refractivity contribution in [1.82, 2.24) is 0 Å². The summed E-state index contributed by atoms with van der Waals surface area (Å²) in [5, 5.41) is 0. The Balaban J connectivity index is 3.05. The van der Waals surface area contributed by atoms with Gasteiger partial charge in [0.05, 0.1) is 6.61 Å². The van der Waals surface area contributed by atoms with Gasteiger partial charge >= 0.3 is 0 Å². The largest absolute Gasteiger partial charge is 0.412 e. The molecular formula is C18H31BrOSi. The number of rotatable bonds is 6. The molecule has 3 heteroatoms. The molecule has 0 atom stereocenters. The van der Waals surface area contributed by atoms with Gasteiger partial charge in [-0.2, -0.15) is 0 Å². The van der Waals surface area contributed by atoms with Gasteiger partial charge in [0.15, 0.2) is 0 Å². The summed E-state index contributed by atoms with van der Waals surface area (Å²) in [6, 6.07) is 4.47. The third-order valence-corrected chi connectivity index (χ3v) is 11.6. The van der Waals surface area contributed by atoms with E-state index in [1.54, 1.807) is 0 Å². The molecule has 21 heavy (non-hydrogen) atoms. The topological polar surface area (TPSA) is 9.23 Å². The first kappa shape index (κ1) is 18.9. The minimum absolute atomic E-state index is 0.628. The molecule has 0 aliphatic heterocycles. The van der Waals surface area contributed by atoms with Crippen molar-refractivity contribution >= 4 is 24.2 Å². The van der Waals surface area contributed by atoms with E-state index in [4.69, 9.17) is 4.43 Å². The van der Waals surface area contributed by atoms with Crippen molar-refractivity contribution in [3.05, 3.63) is 33.3 Å². The quantitative estimate of drug-likeness (QED) is 0.502. The Bertz CT molecular complexity index is 459. The van der Waals surface area contributed by atoms with E-state index in [0.29, 0.717) is 16.6 Å². The number of benzene rings is 1. The minimum atomic E-state index is -1.79. The number of halogens is 1. The zero-order valence-electron chi connectivity index (χ0n) is 14.9. The van der Waals surface area contributed by atoms with E-state index in [-0.39, 0.29) is 0 Å². The summed E-state index contributed by atoms with van der Waals surface area (Å²) in [6.07, 6.45) is 0. The van der Waals surface area contributed by atoms with Crippen LogP contribution in [0.1, 0.15) is 58.2 Å². The summed E-state index contributed by atoms with van der Waals surface area (Å²) in [6.45, 7) is 19.1. The van der Waals surface area contributed by atoms with Crippen LogP contribution in [-0.4, -0.2) is 8.32 Å². The average molecular weight is 371 g/mol. The number of hydrogen-bond acceptors (Lipinski definition) is 1. The number of hydrogen-bond donors (Lipinski definition) is 0. The lowest BCUT2D eigenvalue weighted by Crippen LogP contribution is -2.47. The van der Waals surface area contributed by atoms with E-state index in [0.717, 1.165) is 6.61 Å². The molecule has 1 nitrogen and oxygen atoms in total. The van der Waals surface area contributed by atoms with Crippen LogP contribution in [0.3, 0.4) is 0 Å². The van der Waals surface area contributed by atoms with Crippen molar-refractivity contribution in [3.63, 3.8) is 0 Å². The first-order chi connectivity index (χ1) is 9.62. The monoisotopic (exact) mass is 370 g/mol. The van der Waals surface area contributed by atoms with E-state index in [9.17, 15) is 0 Å².